The second-order valence-corrected chi connectivity index (χ2v) is 5.87. The van der Waals surface area contributed by atoms with Crippen molar-refractivity contribution in [2.75, 3.05) is 12.4 Å². The molecule has 1 N–H and O–H groups in total. The number of hydrogen-bond acceptors (Lipinski definition) is 8. The first-order valence-electron chi connectivity index (χ1n) is 5.49. The standard InChI is InChI=1S/C10H8N6O2S2/c1-11-9-13-14-10(20-9)19-7-8(16(17)18)15-5-3-2-4-6(15)12-7/h2-5H,1H3,(H,11,13). The molecule has 102 valence electrons. The third-order valence-corrected chi connectivity index (χ3v) is 4.41. The van der Waals surface area contributed by atoms with Crippen LogP contribution in [-0.4, -0.2) is 31.6 Å². The summed E-state index contributed by atoms with van der Waals surface area (Å²) in [5.41, 5.74) is 0.528. The zero-order chi connectivity index (χ0) is 14.1. The smallest absolute Gasteiger partial charge is 0.362 e. The van der Waals surface area contributed by atoms with Crippen LogP contribution in [0.25, 0.3) is 5.65 Å². The minimum absolute atomic E-state index is 0.0631. The molecule has 0 saturated carbocycles. The zero-order valence-corrected chi connectivity index (χ0v) is 11.8. The molecule has 0 bridgehead atoms. The topological polar surface area (TPSA) is 98.2 Å². The molecule has 3 rings (SSSR count). The van der Waals surface area contributed by atoms with E-state index < -0.39 is 4.92 Å². The van der Waals surface area contributed by atoms with Crippen LogP contribution in [0.2, 0.25) is 0 Å². The normalized spacial score (nSPS) is 10.8. The van der Waals surface area contributed by atoms with Gasteiger partial charge in [-0.15, -0.1) is 10.2 Å². The number of aromatic nitrogens is 4. The highest BCUT2D eigenvalue weighted by molar-refractivity contribution is 8.01. The van der Waals surface area contributed by atoms with Gasteiger partial charge in [0, 0.05) is 13.1 Å². The van der Waals surface area contributed by atoms with Crippen LogP contribution >= 0.6 is 23.1 Å². The first-order valence-corrected chi connectivity index (χ1v) is 7.13. The average molecular weight is 308 g/mol. The van der Waals surface area contributed by atoms with Crippen LogP contribution in [0.3, 0.4) is 0 Å². The highest BCUT2D eigenvalue weighted by atomic mass is 32.2. The van der Waals surface area contributed by atoms with E-state index in [2.05, 4.69) is 20.5 Å². The predicted molar refractivity (Wildman–Crippen MR) is 75.4 cm³/mol. The Hall–Kier alpha value is -2.20. The molecule has 0 unspecified atom stereocenters. The first-order chi connectivity index (χ1) is 9.69. The maximum atomic E-state index is 11.2. The summed E-state index contributed by atoms with van der Waals surface area (Å²) in [5.74, 6) is -0.0631. The number of anilines is 1. The van der Waals surface area contributed by atoms with E-state index in [1.54, 1.807) is 31.4 Å². The number of nitro groups is 1. The highest BCUT2D eigenvalue weighted by Crippen LogP contribution is 2.36. The van der Waals surface area contributed by atoms with Gasteiger partial charge < -0.3 is 15.4 Å². The third kappa shape index (κ3) is 2.18. The lowest BCUT2D eigenvalue weighted by atomic mass is 10.5. The van der Waals surface area contributed by atoms with Crippen molar-refractivity contribution >= 4 is 39.7 Å². The molecule has 0 aliphatic rings. The van der Waals surface area contributed by atoms with Gasteiger partial charge in [-0.05, 0) is 22.8 Å². The second-order valence-electron chi connectivity index (χ2n) is 3.65. The summed E-state index contributed by atoms with van der Waals surface area (Å²) < 4.78 is 2.04. The Bertz CT molecular complexity index is 783. The molecule has 0 atom stereocenters. The number of fused-ring (bicyclic) bond motifs is 1. The fourth-order valence-corrected chi connectivity index (χ4v) is 3.35. The molecule has 0 aliphatic carbocycles. The van der Waals surface area contributed by atoms with Gasteiger partial charge in [0.1, 0.15) is 0 Å². The summed E-state index contributed by atoms with van der Waals surface area (Å²) in [5, 5.41) is 22.9. The zero-order valence-electron chi connectivity index (χ0n) is 10.2. The van der Waals surface area contributed by atoms with Gasteiger partial charge >= 0.3 is 5.82 Å². The van der Waals surface area contributed by atoms with Gasteiger partial charge in [0.15, 0.2) is 4.34 Å². The van der Waals surface area contributed by atoms with Crippen LogP contribution in [0.5, 0.6) is 0 Å². The Kier molecular flexibility index (Phi) is 3.24. The van der Waals surface area contributed by atoms with Crippen molar-refractivity contribution in [1.82, 2.24) is 19.6 Å². The van der Waals surface area contributed by atoms with Gasteiger partial charge in [-0.25, -0.2) is 0 Å². The molecule has 10 heteroatoms. The molecular weight excluding hydrogens is 300 g/mol. The van der Waals surface area contributed by atoms with Crippen LogP contribution in [-0.2, 0) is 0 Å². The quantitative estimate of drug-likeness (QED) is 0.583. The van der Waals surface area contributed by atoms with Crippen LogP contribution in [0.1, 0.15) is 0 Å². The fourth-order valence-electron chi connectivity index (χ4n) is 1.63. The Morgan fingerprint density at radius 2 is 2.30 bits per heavy atom. The van der Waals surface area contributed by atoms with E-state index in [0.29, 0.717) is 20.1 Å². The largest absolute Gasteiger partial charge is 0.363 e. The number of hydrogen-bond donors (Lipinski definition) is 1. The first kappa shape index (κ1) is 12.8. The molecule has 3 heterocycles. The number of pyridine rings is 1. The number of nitrogens with one attached hydrogen (secondary N) is 1. The third-order valence-electron chi connectivity index (χ3n) is 2.45. The van der Waals surface area contributed by atoms with Gasteiger partial charge in [0.05, 0.1) is 6.20 Å². The van der Waals surface area contributed by atoms with Crippen molar-refractivity contribution in [2.24, 2.45) is 0 Å². The van der Waals surface area contributed by atoms with Gasteiger partial charge in [-0.1, -0.05) is 17.4 Å². The van der Waals surface area contributed by atoms with Gasteiger partial charge in [-0.3, -0.25) is 0 Å². The molecule has 0 spiro atoms. The van der Waals surface area contributed by atoms with Gasteiger partial charge in [0.2, 0.25) is 15.8 Å². The maximum Gasteiger partial charge on any atom is 0.362 e. The highest BCUT2D eigenvalue weighted by Gasteiger charge is 2.24. The van der Waals surface area contributed by atoms with Crippen molar-refractivity contribution in [2.45, 2.75) is 9.37 Å². The van der Waals surface area contributed by atoms with Gasteiger partial charge in [-0.2, -0.15) is 9.38 Å². The molecule has 8 nitrogen and oxygen atoms in total. The molecular formula is C10H8N6O2S2. The SMILES string of the molecule is CNc1nnc(Sc2nc3ccccn3c2[N+](=O)[O-])s1. The monoisotopic (exact) mass is 308 g/mol. The molecule has 3 aromatic rings. The Morgan fingerprint density at radius 1 is 1.45 bits per heavy atom. The van der Waals surface area contributed by atoms with Crippen molar-refractivity contribution in [3.63, 3.8) is 0 Å². The molecule has 0 aromatic carbocycles. The molecule has 20 heavy (non-hydrogen) atoms. The Balaban J connectivity index is 2.06. The summed E-state index contributed by atoms with van der Waals surface area (Å²) in [6.07, 6.45) is 1.61. The molecule has 0 saturated heterocycles. The minimum atomic E-state index is -0.442. The van der Waals surface area contributed by atoms with Gasteiger partial charge in [0.25, 0.3) is 0 Å². The minimum Gasteiger partial charge on any atom is -0.363 e. The lowest BCUT2D eigenvalue weighted by molar-refractivity contribution is -0.393. The Labute approximate surface area is 121 Å². The summed E-state index contributed by atoms with van der Waals surface area (Å²) in [4.78, 5) is 15.1. The van der Waals surface area contributed by atoms with Crippen molar-refractivity contribution in [1.29, 1.82) is 0 Å². The average Bonchev–Trinajstić information content (AvgIpc) is 3.02. The van der Waals surface area contributed by atoms with E-state index >= 15 is 0 Å². The number of nitrogens with zero attached hydrogens (tertiary/aromatic N) is 5. The molecule has 0 fully saturated rings. The molecule has 0 amide bonds. The lowest BCUT2D eigenvalue weighted by Gasteiger charge is -1.95. The van der Waals surface area contributed by atoms with Crippen LogP contribution in [0.4, 0.5) is 10.9 Å². The molecule has 3 aromatic heterocycles. The van der Waals surface area contributed by atoms with E-state index in [4.69, 9.17) is 0 Å². The number of imidazole rings is 1. The summed E-state index contributed by atoms with van der Waals surface area (Å²) in [6, 6.07) is 5.22. The van der Waals surface area contributed by atoms with E-state index in [0.717, 1.165) is 11.8 Å². The lowest BCUT2D eigenvalue weighted by Crippen LogP contribution is -1.94. The van der Waals surface area contributed by atoms with Crippen molar-refractivity contribution in [3.05, 3.63) is 34.5 Å². The van der Waals surface area contributed by atoms with Crippen LogP contribution in [0.15, 0.2) is 33.8 Å². The second kappa shape index (κ2) is 5.06. The molecule has 0 aliphatic heterocycles. The van der Waals surface area contributed by atoms with E-state index in [-0.39, 0.29) is 5.82 Å². The maximum absolute atomic E-state index is 11.2. The van der Waals surface area contributed by atoms with Crippen LogP contribution < -0.4 is 5.32 Å². The molecule has 0 radical (unpaired) electrons. The predicted octanol–water partition coefficient (Wildman–Crippen LogP) is 2.29. The summed E-state index contributed by atoms with van der Waals surface area (Å²) in [7, 11) is 1.74. The van der Waals surface area contributed by atoms with Crippen molar-refractivity contribution in [3.8, 4) is 0 Å². The number of rotatable bonds is 4. The van der Waals surface area contributed by atoms with E-state index in [9.17, 15) is 10.1 Å². The van der Waals surface area contributed by atoms with E-state index in [1.807, 2.05) is 0 Å². The summed E-state index contributed by atoms with van der Waals surface area (Å²) in [6.45, 7) is 0. The fraction of sp³-hybridized carbons (Fsp3) is 0.100. The summed E-state index contributed by atoms with van der Waals surface area (Å²) >= 11 is 2.45. The van der Waals surface area contributed by atoms with Crippen molar-refractivity contribution < 1.29 is 4.92 Å². The van der Waals surface area contributed by atoms with Crippen LogP contribution in [0, 0.1) is 10.1 Å². The van der Waals surface area contributed by atoms with E-state index in [1.165, 1.54) is 15.7 Å². The Morgan fingerprint density at radius 3 is 3.00 bits per heavy atom.